The summed E-state index contributed by atoms with van der Waals surface area (Å²) >= 11 is 0. The zero-order valence-corrected chi connectivity index (χ0v) is 24.4. The number of nitrogens with zero attached hydrogens (tertiary/aromatic N) is 1. The van der Waals surface area contributed by atoms with Crippen LogP contribution >= 0.6 is 0 Å². The highest BCUT2D eigenvalue weighted by Gasteiger charge is 2.46. The van der Waals surface area contributed by atoms with Gasteiger partial charge in [-0.1, -0.05) is 99.6 Å². The number of carbonyl (C=O) groups excluding carboxylic acids is 2. The van der Waals surface area contributed by atoms with E-state index in [1.54, 1.807) is 0 Å². The number of benzene rings is 3. The summed E-state index contributed by atoms with van der Waals surface area (Å²) in [4.78, 5) is 40.7. The molecule has 2 unspecified atom stereocenters. The molecule has 8 heteroatoms. The van der Waals surface area contributed by atoms with E-state index < -0.39 is 35.0 Å². The van der Waals surface area contributed by atoms with E-state index in [1.807, 2.05) is 80.3 Å². The number of amides is 2. The van der Waals surface area contributed by atoms with E-state index in [1.165, 1.54) is 0 Å². The van der Waals surface area contributed by atoms with Crippen LogP contribution in [0.15, 0.2) is 78.9 Å². The van der Waals surface area contributed by atoms with Crippen molar-refractivity contribution in [3.63, 3.8) is 0 Å². The number of likely N-dealkylation sites (tertiary alicyclic amines) is 1. The molecule has 1 aliphatic carbocycles. The second-order valence-corrected chi connectivity index (χ2v) is 12.5. The molecular formula is C34H39N3O5. The molecular weight excluding hydrogens is 530 g/mol. The maximum atomic E-state index is 13.3. The average Bonchev–Trinajstić information content (AvgIpc) is 3.51. The van der Waals surface area contributed by atoms with E-state index in [0.717, 1.165) is 27.8 Å². The van der Waals surface area contributed by atoms with Crippen LogP contribution in [0.2, 0.25) is 0 Å². The summed E-state index contributed by atoms with van der Waals surface area (Å²) in [6, 6.07) is 25.6. The molecule has 1 saturated heterocycles. The fraction of sp³-hybridized carbons (Fsp3) is 0.382. The monoisotopic (exact) mass is 569 g/mol. The third-order valence-electron chi connectivity index (χ3n) is 8.46. The molecule has 0 spiro atoms. The Kier molecular flexibility index (Phi) is 8.36. The van der Waals surface area contributed by atoms with Crippen molar-refractivity contribution < 1.29 is 24.2 Å². The summed E-state index contributed by atoms with van der Waals surface area (Å²) in [6.07, 6.45) is -0.366. The Labute approximate surface area is 247 Å². The summed E-state index contributed by atoms with van der Waals surface area (Å²) in [5.41, 5.74) is 3.77. The maximum Gasteiger partial charge on any atom is 0.407 e. The smallest absolute Gasteiger partial charge is 0.407 e. The van der Waals surface area contributed by atoms with E-state index in [-0.39, 0.29) is 25.5 Å². The minimum absolute atomic E-state index is 0.0680. The molecule has 1 heterocycles. The van der Waals surface area contributed by atoms with E-state index in [9.17, 15) is 19.5 Å². The standard InChI is InChI=1S/C34H39N3O5/c1-33(2,3)29(19-30(38)36-34(31(39)40)17-18-37(22-34)20-23-11-5-4-6-12-23)35-32(41)42-21-28-26-15-9-7-13-24(26)25-14-8-10-16-27(25)28/h4-16,28-29H,17-22H2,1-3H3,(H,35,41)(H,36,38)(H,39,40). The maximum absolute atomic E-state index is 13.3. The van der Waals surface area contributed by atoms with Gasteiger partial charge in [-0.15, -0.1) is 0 Å². The van der Waals surface area contributed by atoms with Crippen molar-refractivity contribution in [2.75, 3.05) is 19.7 Å². The number of rotatable bonds is 9. The van der Waals surface area contributed by atoms with Gasteiger partial charge in [-0.3, -0.25) is 9.69 Å². The molecule has 1 fully saturated rings. The summed E-state index contributed by atoms with van der Waals surface area (Å²) in [5.74, 6) is -1.54. The fourth-order valence-electron chi connectivity index (χ4n) is 6.05. The molecule has 42 heavy (non-hydrogen) atoms. The number of nitrogens with one attached hydrogen (secondary N) is 2. The zero-order chi connectivity index (χ0) is 29.9. The molecule has 5 rings (SSSR count). The Bertz CT molecular complexity index is 1410. The SMILES string of the molecule is CC(C)(C)C(CC(=O)NC1(C(=O)O)CCN(Cc2ccccc2)C1)NC(=O)OCC1c2ccccc2-c2ccccc21. The second kappa shape index (κ2) is 12.0. The predicted molar refractivity (Wildman–Crippen MR) is 161 cm³/mol. The van der Waals surface area contributed by atoms with Gasteiger partial charge < -0.3 is 20.5 Å². The summed E-state index contributed by atoms with van der Waals surface area (Å²) in [6.45, 7) is 7.34. The highest BCUT2D eigenvalue weighted by molar-refractivity contribution is 5.88. The number of aliphatic carboxylic acids is 1. The third kappa shape index (κ3) is 6.34. The van der Waals surface area contributed by atoms with Crippen LogP contribution in [0.25, 0.3) is 11.1 Å². The quantitative estimate of drug-likeness (QED) is 0.328. The van der Waals surface area contributed by atoms with Gasteiger partial charge in [-0.05, 0) is 39.7 Å². The summed E-state index contributed by atoms with van der Waals surface area (Å²) in [5, 5.41) is 15.8. The van der Waals surface area contributed by atoms with Crippen LogP contribution < -0.4 is 10.6 Å². The van der Waals surface area contributed by atoms with Gasteiger partial charge in [0.05, 0.1) is 0 Å². The molecule has 0 radical (unpaired) electrons. The number of carboxylic acid groups (broad SMARTS) is 1. The first kappa shape index (κ1) is 29.3. The Hall–Kier alpha value is -4.17. The Morgan fingerprint density at radius 2 is 1.55 bits per heavy atom. The van der Waals surface area contributed by atoms with Crippen LogP contribution in [-0.2, 0) is 20.9 Å². The van der Waals surface area contributed by atoms with Gasteiger partial charge in [-0.2, -0.15) is 0 Å². The summed E-state index contributed by atoms with van der Waals surface area (Å²) in [7, 11) is 0. The molecule has 0 bridgehead atoms. The fourth-order valence-corrected chi connectivity index (χ4v) is 6.05. The molecule has 3 N–H and O–H groups in total. The minimum Gasteiger partial charge on any atom is -0.479 e. The molecule has 220 valence electrons. The third-order valence-corrected chi connectivity index (χ3v) is 8.46. The molecule has 2 atom stereocenters. The van der Waals surface area contributed by atoms with Gasteiger partial charge in [0.25, 0.3) is 0 Å². The highest BCUT2D eigenvalue weighted by atomic mass is 16.5. The largest absolute Gasteiger partial charge is 0.479 e. The molecule has 2 amide bonds. The molecule has 1 aliphatic heterocycles. The predicted octanol–water partition coefficient (Wildman–Crippen LogP) is 5.18. The molecule has 3 aromatic rings. The normalized spacial score (nSPS) is 19.0. The number of hydrogen-bond acceptors (Lipinski definition) is 5. The molecule has 3 aromatic carbocycles. The number of carbonyl (C=O) groups is 3. The van der Waals surface area contributed by atoms with Gasteiger partial charge in [0.2, 0.25) is 5.91 Å². The lowest BCUT2D eigenvalue weighted by Gasteiger charge is -2.32. The minimum atomic E-state index is -1.38. The lowest BCUT2D eigenvalue weighted by molar-refractivity contribution is -0.147. The number of carboxylic acids is 1. The Morgan fingerprint density at radius 1 is 0.952 bits per heavy atom. The molecule has 0 saturated carbocycles. The van der Waals surface area contributed by atoms with E-state index >= 15 is 0 Å². The van der Waals surface area contributed by atoms with Crippen molar-refractivity contribution in [2.24, 2.45) is 5.41 Å². The van der Waals surface area contributed by atoms with Crippen LogP contribution in [0.5, 0.6) is 0 Å². The van der Waals surface area contributed by atoms with Gasteiger partial charge in [-0.25, -0.2) is 9.59 Å². The number of alkyl carbamates (subject to hydrolysis) is 1. The zero-order valence-electron chi connectivity index (χ0n) is 24.4. The highest BCUT2D eigenvalue weighted by Crippen LogP contribution is 2.44. The van der Waals surface area contributed by atoms with Crippen molar-refractivity contribution in [2.45, 2.75) is 57.7 Å². The number of hydrogen-bond donors (Lipinski definition) is 3. The van der Waals surface area contributed by atoms with Crippen LogP contribution in [0.3, 0.4) is 0 Å². The first-order valence-corrected chi connectivity index (χ1v) is 14.5. The first-order chi connectivity index (χ1) is 20.1. The van der Waals surface area contributed by atoms with Gasteiger partial charge in [0.1, 0.15) is 6.61 Å². The van der Waals surface area contributed by atoms with Gasteiger partial charge in [0.15, 0.2) is 5.54 Å². The average molecular weight is 570 g/mol. The molecule has 8 nitrogen and oxygen atoms in total. The lowest BCUT2D eigenvalue weighted by atomic mass is 9.84. The molecule has 2 aliphatic rings. The van der Waals surface area contributed by atoms with Crippen LogP contribution in [0, 0.1) is 5.41 Å². The van der Waals surface area contributed by atoms with Gasteiger partial charge >= 0.3 is 12.1 Å². The van der Waals surface area contributed by atoms with Crippen molar-refractivity contribution in [1.29, 1.82) is 0 Å². The van der Waals surface area contributed by atoms with E-state index in [4.69, 9.17) is 4.74 Å². The Morgan fingerprint density at radius 3 is 2.14 bits per heavy atom. The molecule has 0 aromatic heterocycles. The topological polar surface area (TPSA) is 108 Å². The van der Waals surface area contributed by atoms with E-state index in [0.29, 0.717) is 19.5 Å². The van der Waals surface area contributed by atoms with Crippen molar-refractivity contribution >= 4 is 18.0 Å². The lowest BCUT2D eigenvalue weighted by Crippen LogP contribution is -2.57. The second-order valence-electron chi connectivity index (χ2n) is 12.5. The van der Waals surface area contributed by atoms with Crippen molar-refractivity contribution in [1.82, 2.24) is 15.5 Å². The van der Waals surface area contributed by atoms with Gasteiger partial charge in [0, 0.05) is 38.0 Å². The van der Waals surface area contributed by atoms with Crippen LogP contribution in [0.1, 0.15) is 56.2 Å². The van der Waals surface area contributed by atoms with Crippen LogP contribution in [0.4, 0.5) is 4.79 Å². The number of ether oxygens (including phenoxy) is 1. The van der Waals surface area contributed by atoms with Crippen molar-refractivity contribution in [3.8, 4) is 11.1 Å². The van der Waals surface area contributed by atoms with Crippen molar-refractivity contribution in [3.05, 3.63) is 95.6 Å². The first-order valence-electron chi connectivity index (χ1n) is 14.5. The van der Waals surface area contributed by atoms with E-state index in [2.05, 4.69) is 34.9 Å². The van der Waals surface area contributed by atoms with Crippen LogP contribution in [-0.4, -0.2) is 59.3 Å². The summed E-state index contributed by atoms with van der Waals surface area (Å²) < 4.78 is 5.73. The number of fused-ring (bicyclic) bond motifs is 3. The Balaban J connectivity index is 1.20.